The number of fused-ring (bicyclic) bond motifs is 8. The van der Waals surface area contributed by atoms with E-state index in [1.807, 2.05) is 19.9 Å². The van der Waals surface area contributed by atoms with Crippen LogP contribution in [0.25, 0.3) is 32.5 Å². The van der Waals surface area contributed by atoms with E-state index < -0.39 is 17.7 Å². The fraction of sp³-hybridized carbons (Fsp3) is 0.500. The minimum absolute atomic E-state index is 0.0344. The second kappa shape index (κ2) is 22.9. The number of hydrogen-bond donors (Lipinski definition) is 1. The standard InChI is InChI=1S/C54H61Cl2FN6O9S/c1-32-43-33(2)47(56)48(46(32)55)71-39(26-63-19-17-62(3)18-20-63)13-21-68-38-8-9-41(36(24-38)25-42(53(64)65)72-51-45-44(43)49(34-6-4-5-7-34)73-52(45)60-31-59-51)70-27-37-12-16-58-50(61-37)35-10-14-54(57,15-11-35)30-67-29-40-28-66-22-23-69-40/h6,8-10,12,16,24,31,39-40,42H,4-5,7,11,13-15,17-23,25-30H2,1-3H3,(H,64,65)/t39-,40-,42+,54+/m0/s1. The molecule has 73 heavy (non-hydrogen) atoms. The van der Waals surface area contributed by atoms with Crippen molar-refractivity contribution in [1.29, 1.82) is 0 Å². The Bertz CT molecular complexity index is 2860. The van der Waals surface area contributed by atoms with E-state index in [1.54, 1.807) is 30.5 Å². The fourth-order valence-electron chi connectivity index (χ4n) is 10.2. The lowest BCUT2D eigenvalue weighted by molar-refractivity contribution is -0.145. The van der Waals surface area contributed by atoms with E-state index in [-0.39, 0.29) is 63.8 Å². The van der Waals surface area contributed by atoms with Gasteiger partial charge >= 0.3 is 5.97 Å². The van der Waals surface area contributed by atoms with Gasteiger partial charge in [0.15, 0.2) is 11.6 Å². The van der Waals surface area contributed by atoms with Gasteiger partial charge in [0.1, 0.15) is 47.1 Å². The third kappa shape index (κ3) is 11.8. The van der Waals surface area contributed by atoms with Gasteiger partial charge in [-0.2, -0.15) is 0 Å². The van der Waals surface area contributed by atoms with E-state index in [2.05, 4.69) is 32.9 Å². The van der Waals surface area contributed by atoms with Crippen molar-refractivity contribution in [2.75, 3.05) is 79.4 Å². The number of nitrogens with zero attached hydrogens (tertiary/aromatic N) is 6. The number of likely N-dealkylation sites (N-methyl/N-ethyl adjacent to an activating group) is 1. The predicted octanol–water partition coefficient (Wildman–Crippen LogP) is 9.78. The van der Waals surface area contributed by atoms with Crippen molar-refractivity contribution in [2.45, 2.75) is 95.8 Å². The van der Waals surface area contributed by atoms with Gasteiger partial charge in [0.25, 0.3) is 0 Å². The van der Waals surface area contributed by atoms with Gasteiger partial charge in [-0.15, -0.1) is 11.3 Å². The van der Waals surface area contributed by atoms with Crippen LogP contribution in [0.15, 0.2) is 48.9 Å². The highest BCUT2D eigenvalue weighted by molar-refractivity contribution is 7.20. The van der Waals surface area contributed by atoms with Gasteiger partial charge in [-0.1, -0.05) is 35.4 Å². The van der Waals surface area contributed by atoms with Gasteiger partial charge in [-0.3, -0.25) is 4.90 Å². The molecule has 3 aromatic heterocycles. The maximum atomic E-state index is 15.8. The summed E-state index contributed by atoms with van der Waals surface area (Å²) < 4.78 is 59.0. The third-order valence-corrected chi connectivity index (χ3v) is 16.4. The smallest absolute Gasteiger partial charge is 0.345 e. The number of benzene rings is 2. The number of carboxylic acids is 1. The van der Waals surface area contributed by atoms with Gasteiger partial charge < -0.3 is 43.2 Å². The van der Waals surface area contributed by atoms with Crippen LogP contribution in [0.5, 0.6) is 23.1 Å². The molecule has 0 radical (unpaired) electrons. The summed E-state index contributed by atoms with van der Waals surface area (Å²) >= 11 is 16.3. The van der Waals surface area contributed by atoms with Crippen molar-refractivity contribution in [3.8, 4) is 34.3 Å². The molecule has 0 saturated carbocycles. The zero-order valence-electron chi connectivity index (χ0n) is 41.4. The molecule has 0 unspecified atom stereocenters. The number of hydrogen-bond acceptors (Lipinski definition) is 15. The number of alkyl halides is 1. The molecule has 7 heterocycles. The average molecular weight is 1060 g/mol. The zero-order valence-corrected chi connectivity index (χ0v) is 43.8. The van der Waals surface area contributed by atoms with Crippen molar-refractivity contribution >= 4 is 61.9 Å². The van der Waals surface area contributed by atoms with Gasteiger partial charge in [-0.25, -0.2) is 29.1 Å². The summed E-state index contributed by atoms with van der Waals surface area (Å²) in [4.78, 5) is 38.4. The molecule has 2 aromatic carbocycles. The first-order chi connectivity index (χ1) is 35.4. The van der Waals surface area contributed by atoms with Crippen LogP contribution in [0.1, 0.15) is 78.0 Å². The van der Waals surface area contributed by atoms with Gasteiger partial charge in [0.2, 0.25) is 12.0 Å². The van der Waals surface area contributed by atoms with E-state index in [0.29, 0.717) is 93.8 Å². The second-order valence-electron chi connectivity index (χ2n) is 19.6. The van der Waals surface area contributed by atoms with Gasteiger partial charge in [0.05, 0.1) is 60.8 Å². The van der Waals surface area contributed by atoms with Crippen molar-refractivity contribution in [3.63, 3.8) is 0 Å². The maximum absolute atomic E-state index is 15.8. The van der Waals surface area contributed by atoms with Crippen molar-refractivity contribution in [1.82, 2.24) is 29.7 Å². The molecule has 1 N–H and O–H groups in total. The maximum Gasteiger partial charge on any atom is 0.345 e. The van der Waals surface area contributed by atoms with Crippen LogP contribution in [0.3, 0.4) is 0 Å². The predicted molar refractivity (Wildman–Crippen MR) is 278 cm³/mol. The molecule has 6 aliphatic rings. The molecule has 2 fully saturated rings. The molecule has 4 atom stereocenters. The molecule has 4 aliphatic heterocycles. The minimum Gasteiger partial charge on any atom is -0.493 e. The van der Waals surface area contributed by atoms with Crippen LogP contribution in [-0.2, 0) is 32.0 Å². The highest BCUT2D eigenvalue weighted by Gasteiger charge is 2.35. The minimum atomic E-state index is -1.51. The Morgan fingerprint density at radius 1 is 0.973 bits per heavy atom. The van der Waals surface area contributed by atoms with Crippen LogP contribution < -0.4 is 18.9 Å². The lowest BCUT2D eigenvalue weighted by Crippen LogP contribution is -2.48. The Morgan fingerprint density at radius 2 is 1.81 bits per heavy atom. The monoisotopic (exact) mass is 1060 g/mol. The molecule has 11 rings (SSSR count). The third-order valence-electron chi connectivity index (χ3n) is 14.3. The summed E-state index contributed by atoms with van der Waals surface area (Å²) in [5.41, 5.74) is 4.77. The van der Waals surface area contributed by atoms with E-state index in [0.717, 1.165) is 78.1 Å². The largest absolute Gasteiger partial charge is 0.493 e. The molecule has 2 aliphatic carbocycles. The molecule has 5 aromatic rings. The van der Waals surface area contributed by atoms with Gasteiger partial charge in [0, 0.05) is 74.2 Å². The first kappa shape index (κ1) is 51.5. The topological polar surface area (TPSA) is 160 Å². The molecular weight excluding hydrogens is 999 g/mol. The number of piperazine rings is 1. The highest BCUT2D eigenvalue weighted by Crippen LogP contribution is 2.53. The lowest BCUT2D eigenvalue weighted by atomic mass is 9.87. The van der Waals surface area contributed by atoms with Crippen molar-refractivity contribution in [3.05, 3.63) is 92.1 Å². The number of thiophene rings is 1. The summed E-state index contributed by atoms with van der Waals surface area (Å²) in [6.45, 7) is 10.3. The molecule has 2 saturated heterocycles. The van der Waals surface area contributed by atoms with Crippen LogP contribution >= 0.6 is 34.5 Å². The molecular formula is C54H61Cl2FN6O9S. The lowest BCUT2D eigenvalue weighted by Gasteiger charge is -2.35. The Balaban J connectivity index is 0.960. The molecule has 0 spiro atoms. The Kier molecular flexibility index (Phi) is 16.1. The zero-order chi connectivity index (χ0) is 50.6. The number of carbonyl (C=O) groups is 1. The van der Waals surface area contributed by atoms with E-state index in [1.165, 1.54) is 23.2 Å². The molecule has 0 amide bonds. The van der Waals surface area contributed by atoms with E-state index >= 15 is 4.39 Å². The number of rotatable bonds is 12. The van der Waals surface area contributed by atoms with Crippen LogP contribution in [0.4, 0.5) is 4.39 Å². The number of ether oxygens (including phenoxy) is 7. The summed E-state index contributed by atoms with van der Waals surface area (Å²) in [5.74, 6) is 0.769. The summed E-state index contributed by atoms with van der Waals surface area (Å²) in [7, 11) is 2.13. The second-order valence-corrected chi connectivity index (χ2v) is 21.4. The quantitative estimate of drug-likeness (QED) is 0.126. The van der Waals surface area contributed by atoms with Crippen LogP contribution in [0, 0.1) is 13.8 Å². The number of carboxylic acid groups (broad SMARTS) is 1. The molecule has 15 nitrogen and oxygen atoms in total. The summed E-state index contributed by atoms with van der Waals surface area (Å²) in [5, 5.41) is 12.3. The SMILES string of the molecule is Cc1c(Cl)c2c(Cl)c(C)c1-c1c(C3=CCCC3)sc3ncnc(c13)O[C@@H](C(=O)O)Cc1cc(ccc1OCc1ccnc(C3=CC[C@](F)(COC[C@@H]4COCCO4)CC3)n1)OCC[C@@H](CN1CCN(C)CC1)O2. The van der Waals surface area contributed by atoms with E-state index in [4.69, 9.17) is 66.3 Å². The summed E-state index contributed by atoms with van der Waals surface area (Å²) in [6.07, 6.45) is 9.31. The Labute approximate surface area is 438 Å². The number of aromatic nitrogens is 4. The number of aliphatic carboxylic acids is 1. The van der Waals surface area contributed by atoms with Crippen molar-refractivity contribution in [2.24, 2.45) is 0 Å². The van der Waals surface area contributed by atoms with Crippen LogP contribution in [-0.4, -0.2) is 144 Å². The van der Waals surface area contributed by atoms with Crippen LogP contribution in [0.2, 0.25) is 10.0 Å². The number of halogens is 3. The Hall–Kier alpha value is -4.98. The van der Waals surface area contributed by atoms with Crippen molar-refractivity contribution < 1.29 is 47.4 Å². The molecule has 388 valence electrons. The van der Waals surface area contributed by atoms with E-state index in [9.17, 15) is 9.90 Å². The van der Waals surface area contributed by atoms with Gasteiger partial charge in [-0.05, 0) is 105 Å². The fourth-order valence-corrected chi connectivity index (χ4v) is 11.9. The highest BCUT2D eigenvalue weighted by atomic mass is 35.5. The average Bonchev–Trinajstić information content (AvgIpc) is 4.07. The first-order valence-electron chi connectivity index (χ1n) is 25.2. The molecule has 19 heteroatoms. The Morgan fingerprint density at radius 3 is 2.55 bits per heavy atom. The first-order valence-corrected chi connectivity index (χ1v) is 26.7. The summed E-state index contributed by atoms with van der Waals surface area (Å²) in [6, 6.07) is 7.13. The normalized spacial score (nSPS) is 23.2. The number of allylic oxidation sites excluding steroid dienone is 4. The molecule has 4 bridgehead atoms.